The Kier molecular flexibility index (Phi) is 11.0. The van der Waals surface area contributed by atoms with Gasteiger partial charge in [0, 0.05) is 50.0 Å². The van der Waals surface area contributed by atoms with Crippen LogP contribution in [-0.4, -0.2) is 92.1 Å². The molecule has 1 heterocycles. The third-order valence-corrected chi connectivity index (χ3v) is 17.1. The molecule has 2 N–H and O–H groups in total. The molecule has 8 heteroatoms. The standard InChI is InChI=1S/C45H75N3O5/c1-29(2)37-32(49)24-45(20-21-48(23-22-47(10)11)28-30-26-46-27-30)19-18-43(8)31(38(37)45)12-13-34-42(7)16-15-35(53-36(50)25-40(3,4)39(51)52)41(5,6)33(42)14-17-44(34,43)9/h29-31,33-35,46H,12-28H2,1-11H3,(H,51,52)/t31-,33+,34-,35+,42+,43-,44-,45-/m1/s1. The van der Waals surface area contributed by atoms with E-state index in [4.69, 9.17) is 4.74 Å². The molecule has 0 radical (unpaired) electrons. The second-order valence-corrected chi connectivity index (χ2v) is 21.6. The summed E-state index contributed by atoms with van der Waals surface area (Å²) < 4.78 is 6.20. The van der Waals surface area contributed by atoms with Gasteiger partial charge < -0.3 is 25.0 Å². The molecule has 0 aromatic carbocycles. The van der Waals surface area contributed by atoms with Gasteiger partial charge >= 0.3 is 11.9 Å². The number of esters is 1. The van der Waals surface area contributed by atoms with Crippen molar-refractivity contribution >= 4 is 17.7 Å². The number of hydrogen-bond acceptors (Lipinski definition) is 7. The van der Waals surface area contributed by atoms with Crippen LogP contribution in [0.2, 0.25) is 0 Å². The Hall–Kier alpha value is -1.77. The summed E-state index contributed by atoms with van der Waals surface area (Å²) >= 11 is 0. The van der Waals surface area contributed by atoms with Crippen molar-refractivity contribution in [3.05, 3.63) is 11.1 Å². The van der Waals surface area contributed by atoms with Crippen LogP contribution < -0.4 is 5.32 Å². The lowest BCUT2D eigenvalue weighted by atomic mass is 9.33. The van der Waals surface area contributed by atoms with Gasteiger partial charge in [-0.1, -0.05) is 54.0 Å². The molecule has 0 spiro atoms. The van der Waals surface area contributed by atoms with Gasteiger partial charge in [0.2, 0.25) is 0 Å². The van der Waals surface area contributed by atoms with Gasteiger partial charge in [-0.2, -0.15) is 0 Å². The van der Waals surface area contributed by atoms with Crippen LogP contribution in [0.5, 0.6) is 0 Å². The smallest absolute Gasteiger partial charge is 0.309 e. The van der Waals surface area contributed by atoms with Gasteiger partial charge in [0.15, 0.2) is 5.78 Å². The Morgan fingerprint density at radius 2 is 1.60 bits per heavy atom. The zero-order valence-electron chi connectivity index (χ0n) is 35.5. The minimum absolute atomic E-state index is 0.00146. The van der Waals surface area contributed by atoms with Crippen molar-refractivity contribution in [2.24, 2.45) is 62.1 Å². The molecule has 0 unspecified atom stereocenters. The number of hydrogen-bond donors (Lipinski definition) is 2. The molecule has 0 aromatic rings. The van der Waals surface area contributed by atoms with Gasteiger partial charge in [0.1, 0.15) is 6.10 Å². The lowest BCUT2D eigenvalue weighted by Crippen LogP contribution is -2.65. The number of carboxylic acid groups (broad SMARTS) is 1. The van der Waals surface area contributed by atoms with Crippen LogP contribution in [0.1, 0.15) is 133 Å². The first-order chi connectivity index (χ1) is 24.6. The number of ether oxygens (including phenoxy) is 1. The maximum absolute atomic E-state index is 14.2. The van der Waals surface area contributed by atoms with Crippen LogP contribution in [0.3, 0.4) is 0 Å². The summed E-state index contributed by atoms with van der Waals surface area (Å²) in [5, 5.41) is 13.1. The first-order valence-corrected chi connectivity index (χ1v) is 21.4. The Bertz CT molecular complexity index is 1460. The highest BCUT2D eigenvalue weighted by Gasteiger charge is 2.70. The van der Waals surface area contributed by atoms with Crippen LogP contribution >= 0.6 is 0 Å². The average molecular weight is 738 g/mol. The van der Waals surface area contributed by atoms with E-state index in [1.54, 1.807) is 19.4 Å². The molecule has 4 saturated carbocycles. The van der Waals surface area contributed by atoms with Gasteiger partial charge in [-0.25, -0.2) is 0 Å². The van der Waals surface area contributed by atoms with Gasteiger partial charge in [0.05, 0.1) is 11.8 Å². The highest BCUT2D eigenvalue weighted by molar-refractivity contribution is 6.00. The van der Waals surface area contributed by atoms with Crippen LogP contribution in [0.25, 0.3) is 0 Å². The Labute approximate surface area is 322 Å². The summed E-state index contributed by atoms with van der Waals surface area (Å²) in [6.07, 6.45) is 10.3. The van der Waals surface area contributed by atoms with E-state index in [2.05, 4.69) is 77.7 Å². The Morgan fingerprint density at radius 1 is 0.906 bits per heavy atom. The number of allylic oxidation sites excluding steroid dienone is 2. The SMILES string of the molecule is CC(C)C1=C2[C@H]3CC[C@@H]4[C@@]5(C)CC[C@H](OC(=O)CC(C)(C)C(=O)O)C(C)(C)[C@@H]5CC[C@@]4(C)[C@]3(C)CC[C@@]2(CCN(CCN(C)C)CC2CNC2)CC1=O. The number of nitrogens with zero attached hydrogens (tertiary/aromatic N) is 2. The maximum atomic E-state index is 14.2. The van der Waals surface area contributed by atoms with Gasteiger partial charge in [-0.15, -0.1) is 0 Å². The fourth-order valence-electron chi connectivity index (χ4n) is 13.7. The first kappa shape index (κ1) is 40.9. The first-order valence-electron chi connectivity index (χ1n) is 21.4. The molecule has 0 amide bonds. The summed E-state index contributed by atoms with van der Waals surface area (Å²) in [6, 6.07) is 0. The second-order valence-electron chi connectivity index (χ2n) is 21.6. The highest BCUT2D eigenvalue weighted by Crippen LogP contribution is 2.77. The highest BCUT2D eigenvalue weighted by atomic mass is 16.5. The molecule has 1 aliphatic heterocycles. The van der Waals surface area contributed by atoms with Crippen molar-refractivity contribution in [2.75, 3.05) is 53.4 Å². The summed E-state index contributed by atoms with van der Waals surface area (Å²) in [7, 11) is 4.35. The molecule has 8 nitrogen and oxygen atoms in total. The molecule has 6 rings (SSSR count). The van der Waals surface area contributed by atoms with Crippen molar-refractivity contribution in [3.63, 3.8) is 0 Å². The Morgan fingerprint density at radius 3 is 2.21 bits per heavy atom. The van der Waals surface area contributed by atoms with E-state index in [1.165, 1.54) is 31.3 Å². The molecular formula is C45H75N3O5. The van der Waals surface area contributed by atoms with Crippen molar-refractivity contribution < 1.29 is 24.2 Å². The second kappa shape index (κ2) is 14.3. The molecule has 5 fully saturated rings. The molecule has 1 saturated heterocycles. The number of carbonyl (C=O) groups is 3. The van der Waals surface area contributed by atoms with E-state index in [-0.39, 0.29) is 51.5 Å². The number of fused-ring (bicyclic) bond motifs is 7. The van der Waals surface area contributed by atoms with E-state index in [1.807, 2.05) is 0 Å². The van der Waals surface area contributed by atoms with Crippen LogP contribution in [0.15, 0.2) is 11.1 Å². The van der Waals surface area contributed by atoms with E-state index < -0.39 is 11.4 Å². The Balaban J connectivity index is 1.25. The molecule has 6 aliphatic rings. The largest absolute Gasteiger partial charge is 0.481 e. The number of Topliss-reactive ketones (excluding diaryl/α,β-unsaturated/α-hetero) is 1. The summed E-state index contributed by atoms with van der Waals surface area (Å²) in [6.45, 7) is 26.8. The number of carboxylic acids is 1. The summed E-state index contributed by atoms with van der Waals surface area (Å²) in [5.41, 5.74) is 1.87. The number of ketones is 1. The van der Waals surface area contributed by atoms with Crippen molar-refractivity contribution in [1.82, 2.24) is 15.1 Å². The molecule has 0 aromatic heterocycles. The van der Waals surface area contributed by atoms with Gasteiger partial charge in [-0.3, -0.25) is 14.4 Å². The van der Waals surface area contributed by atoms with E-state index in [0.29, 0.717) is 30.0 Å². The van der Waals surface area contributed by atoms with Crippen LogP contribution in [-0.2, 0) is 19.1 Å². The fourth-order valence-corrected chi connectivity index (χ4v) is 13.7. The van der Waals surface area contributed by atoms with Crippen LogP contribution in [0.4, 0.5) is 0 Å². The topological polar surface area (TPSA) is 99.2 Å². The third kappa shape index (κ3) is 6.89. The van der Waals surface area contributed by atoms with Crippen molar-refractivity contribution in [3.8, 4) is 0 Å². The number of nitrogens with one attached hydrogen (secondary N) is 1. The number of rotatable bonds is 13. The molecule has 300 valence electrons. The predicted octanol–water partition coefficient (Wildman–Crippen LogP) is 7.85. The molecule has 53 heavy (non-hydrogen) atoms. The van der Waals surface area contributed by atoms with Crippen LogP contribution in [0, 0.1) is 62.1 Å². The number of likely N-dealkylation sites (N-methyl/N-ethyl adjacent to an activating group) is 1. The number of carbonyl (C=O) groups excluding carboxylic acids is 2. The van der Waals surface area contributed by atoms with Crippen molar-refractivity contribution in [1.29, 1.82) is 0 Å². The predicted molar refractivity (Wildman–Crippen MR) is 211 cm³/mol. The molecule has 8 atom stereocenters. The quantitative estimate of drug-likeness (QED) is 0.185. The van der Waals surface area contributed by atoms with Gasteiger partial charge in [-0.05, 0) is 144 Å². The normalized spacial score (nSPS) is 38.3. The fraction of sp³-hybridized carbons (Fsp3) is 0.889. The average Bonchev–Trinajstić information content (AvgIpc) is 3.33. The van der Waals surface area contributed by atoms with E-state index in [0.717, 1.165) is 77.3 Å². The van der Waals surface area contributed by atoms with Crippen molar-refractivity contribution in [2.45, 2.75) is 139 Å². The monoisotopic (exact) mass is 738 g/mol. The molecular weight excluding hydrogens is 663 g/mol. The maximum Gasteiger partial charge on any atom is 0.309 e. The van der Waals surface area contributed by atoms with Gasteiger partial charge in [0.25, 0.3) is 0 Å². The summed E-state index contributed by atoms with van der Waals surface area (Å²) in [4.78, 5) is 44.1. The molecule has 0 bridgehead atoms. The zero-order chi connectivity index (χ0) is 38.9. The third-order valence-electron chi connectivity index (χ3n) is 17.1. The lowest BCUT2D eigenvalue weighted by molar-refractivity contribution is -0.233. The summed E-state index contributed by atoms with van der Waals surface area (Å²) in [5.74, 6) is 1.52. The van der Waals surface area contributed by atoms with E-state index >= 15 is 0 Å². The molecule has 5 aliphatic carbocycles. The lowest BCUT2D eigenvalue weighted by Gasteiger charge is -2.72. The number of aliphatic carboxylic acids is 1. The minimum atomic E-state index is -1.14. The minimum Gasteiger partial charge on any atom is -0.481 e. The van der Waals surface area contributed by atoms with E-state index in [9.17, 15) is 19.5 Å². The zero-order valence-corrected chi connectivity index (χ0v) is 35.5.